The van der Waals surface area contributed by atoms with Gasteiger partial charge in [-0.1, -0.05) is 66.7 Å². The highest BCUT2D eigenvalue weighted by molar-refractivity contribution is 6.72. The predicted octanol–water partition coefficient (Wildman–Crippen LogP) is 6.78. The van der Waals surface area contributed by atoms with E-state index in [0.717, 1.165) is 5.56 Å². The van der Waals surface area contributed by atoms with Crippen molar-refractivity contribution < 1.29 is 33.2 Å². The summed E-state index contributed by atoms with van der Waals surface area (Å²) in [6.07, 6.45) is 1.33. The van der Waals surface area contributed by atoms with Crippen molar-refractivity contribution in [2.24, 2.45) is 5.92 Å². The van der Waals surface area contributed by atoms with E-state index in [1.807, 2.05) is 67.6 Å². The van der Waals surface area contributed by atoms with Crippen molar-refractivity contribution >= 4 is 43.0 Å². The number of carbonyl (C=O) groups is 2. The lowest BCUT2D eigenvalue weighted by Crippen LogP contribution is -2.45. The number of hydrogen-bond acceptors (Lipinski definition) is 9. The van der Waals surface area contributed by atoms with Crippen LogP contribution in [-0.4, -0.2) is 64.6 Å². The summed E-state index contributed by atoms with van der Waals surface area (Å²) in [5, 5.41) is 30.9. The lowest BCUT2D eigenvalue weighted by Gasteiger charge is -2.31. The summed E-state index contributed by atoms with van der Waals surface area (Å²) < 4.78 is 30.7. The average Bonchev–Trinajstić information content (AvgIpc) is 3.84. The lowest BCUT2D eigenvalue weighted by molar-refractivity contribution is -0.385. The van der Waals surface area contributed by atoms with Crippen molar-refractivity contribution in [2.75, 3.05) is 23.0 Å². The Balaban J connectivity index is 1.11. The molecule has 1 saturated heterocycles. The highest BCUT2D eigenvalue weighted by Crippen LogP contribution is 2.60. The zero-order chi connectivity index (χ0) is 39.4. The van der Waals surface area contributed by atoms with Gasteiger partial charge in [-0.25, -0.2) is 0 Å². The zero-order valence-corrected chi connectivity index (χ0v) is 32.1. The number of nitro benzene ring substituents is 1. The highest BCUT2D eigenvalue weighted by Gasteiger charge is 2.67. The van der Waals surface area contributed by atoms with E-state index in [4.69, 9.17) is 9.47 Å². The number of nitrogens with zero attached hydrogens (tertiary/aromatic N) is 6. The Hall–Kier alpha value is -5.77. The summed E-state index contributed by atoms with van der Waals surface area (Å²) in [7, 11) is -3.54. The predicted molar refractivity (Wildman–Crippen MR) is 208 cm³/mol. The van der Waals surface area contributed by atoms with Crippen LogP contribution in [0.5, 0.6) is 5.75 Å². The molecule has 3 aliphatic rings. The Morgan fingerprint density at radius 1 is 1.02 bits per heavy atom. The Morgan fingerprint density at radius 2 is 1.79 bits per heavy atom. The molecule has 1 unspecified atom stereocenters. The molecule has 15 heteroatoms. The Morgan fingerprint density at radius 3 is 2.54 bits per heavy atom. The number of amides is 2. The second-order valence-electron chi connectivity index (χ2n) is 15.1. The van der Waals surface area contributed by atoms with E-state index < -0.39 is 42.4 Å². The minimum absolute atomic E-state index is 0.0659. The Labute approximate surface area is 323 Å². The van der Waals surface area contributed by atoms with Crippen molar-refractivity contribution in [3.05, 3.63) is 136 Å². The van der Waals surface area contributed by atoms with E-state index in [1.54, 1.807) is 58.0 Å². The van der Waals surface area contributed by atoms with Crippen LogP contribution < -0.4 is 14.5 Å². The summed E-state index contributed by atoms with van der Waals surface area (Å²) in [6.45, 7) is 5.09. The van der Waals surface area contributed by atoms with Gasteiger partial charge >= 0.3 is 0 Å². The second-order valence-corrected chi connectivity index (χ2v) is 18.9. The number of hydrogen-bond donors (Lipinski definition) is 1. The van der Waals surface area contributed by atoms with Crippen LogP contribution in [0.4, 0.5) is 26.9 Å². The van der Waals surface area contributed by atoms with Crippen molar-refractivity contribution in [1.29, 1.82) is 0 Å². The summed E-state index contributed by atoms with van der Waals surface area (Å²) in [5.41, 5.74) is 1.61. The monoisotopic (exact) mass is 776 g/mol. The molecule has 1 aromatic heterocycles. The van der Waals surface area contributed by atoms with E-state index in [-0.39, 0.29) is 37.3 Å². The lowest BCUT2D eigenvalue weighted by atomic mass is 9.82. The summed E-state index contributed by atoms with van der Waals surface area (Å²) >= 11 is 0. The highest BCUT2D eigenvalue weighted by atomic mass is 28.4. The third kappa shape index (κ3) is 6.34. The van der Waals surface area contributed by atoms with E-state index in [2.05, 4.69) is 10.3 Å². The number of ether oxygens (including phenoxy) is 2. The number of carbonyl (C=O) groups excluding carboxylic acids is 2. The molecule has 5 atom stereocenters. The largest absolute Gasteiger partial charge is 0.482 e. The first-order chi connectivity index (χ1) is 26.9. The summed E-state index contributed by atoms with van der Waals surface area (Å²) in [5.74, 6) is -1.15. The molecule has 4 aromatic carbocycles. The molecule has 1 N–H and O–H groups in total. The molecule has 2 amide bonds. The van der Waals surface area contributed by atoms with Crippen LogP contribution in [0.2, 0.25) is 18.6 Å². The normalized spacial score (nSPS) is 22.3. The van der Waals surface area contributed by atoms with Crippen molar-refractivity contribution in [3.8, 4) is 5.75 Å². The average molecular weight is 777 g/mol. The number of halogens is 1. The quantitative estimate of drug-likeness (QED) is 0.0662. The molecule has 13 nitrogen and oxygen atoms in total. The molecular formula is C41H41FN6O7Si. The van der Waals surface area contributed by atoms with Gasteiger partial charge in [0, 0.05) is 47.6 Å². The number of para-hydroxylation sites is 2. The molecule has 8 rings (SSSR count). The second kappa shape index (κ2) is 14.4. The maximum absolute atomic E-state index is 16.5. The molecule has 288 valence electrons. The fraction of sp³-hybridized carbons (Fsp3) is 0.317. The minimum atomic E-state index is -3.54. The minimum Gasteiger partial charge on any atom is -0.482 e. The van der Waals surface area contributed by atoms with Gasteiger partial charge in [-0.2, -0.15) is 0 Å². The first-order valence-electron chi connectivity index (χ1n) is 18.6. The molecule has 5 aromatic rings. The fourth-order valence-corrected chi connectivity index (χ4v) is 11.4. The fourth-order valence-electron chi connectivity index (χ4n) is 8.83. The van der Waals surface area contributed by atoms with Crippen LogP contribution in [0.1, 0.15) is 41.6 Å². The molecule has 56 heavy (non-hydrogen) atoms. The smallest absolute Gasteiger partial charge is 0.269 e. The standard InChI is InChI=1S/C41H41FN6O7Si/c1-26-39(56(2,3)42)37(18-19-45-23-33(43-44-45)31(24-49)28-11-5-4-6-12-28)55-41(26)32-21-30(48(52)53)16-17-34(32)46(40(41)51)22-27-10-9-13-29(20-27)47-35-14-7-8-15-36(35)54-25-38(47)50/h4-17,20-21,23,26,31,37,39,49H,18-19,22,24-25H2,1-3H3/t26-,31?,37+,39-,41+/m1/s1. The van der Waals surface area contributed by atoms with Gasteiger partial charge in [-0.05, 0) is 61.0 Å². The summed E-state index contributed by atoms with van der Waals surface area (Å²) in [6, 6.07) is 28.3. The number of nitro groups is 1. The third-order valence-electron chi connectivity index (χ3n) is 11.3. The number of rotatable bonds is 11. The number of anilines is 3. The molecule has 0 radical (unpaired) electrons. The van der Waals surface area contributed by atoms with E-state index in [9.17, 15) is 20.0 Å². The molecule has 1 spiro atoms. The molecular weight excluding hydrogens is 736 g/mol. The molecule has 1 fully saturated rings. The molecule has 3 aliphatic heterocycles. The Bertz CT molecular complexity index is 2320. The SMILES string of the molecule is C[C@@H]1[C@@H]([Si](C)(C)F)[C@H](CCn2cc(C(CO)c3ccccc3)nn2)O[C@@]12C(=O)N(Cc1cccc(N3C(=O)COc4ccccc43)c1)c1ccc([N+](=O)[O-])cc12. The van der Waals surface area contributed by atoms with Crippen LogP contribution in [-0.2, 0) is 33.0 Å². The zero-order valence-electron chi connectivity index (χ0n) is 31.1. The number of benzene rings is 4. The molecule has 0 aliphatic carbocycles. The first kappa shape index (κ1) is 37.2. The first-order valence-corrected chi connectivity index (χ1v) is 21.5. The molecule has 4 heterocycles. The maximum atomic E-state index is 16.5. The van der Waals surface area contributed by atoms with Crippen molar-refractivity contribution in [2.45, 2.75) is 62.7 Å². The molecule has 0 bridgehead atoms. The van der Waals surface area contributed by atoms with Gasteiger partial charge in [0.15, 0.2) is 12.2 Å². The van der Waals surface area contributed by atoms with Gasteiger partial charge in [-0.3, -0.25) is 29.3 Å². The van der Waals surface area contributed by atoms with Gasteiger partial charge in [-0.15, -0.1) is 5.10 Å². The Kier molecular flexibility index (Phi) is 9.54. The van der Waals surface area contributed by atoms with Crippen LogP contribution in [0.15, 0.2) is 103 Å². The van der Waals surface area contributed by atoms with Gasteiger partial charge in [0.1, 0.15) is 5.75 Å². The van der Waals surface area contributed by atoms with Crippen LogP contribution in [0.25, 0.3) is 0 Å². The third-order valence-corrected chi connectivity index (χ3v) is 13.8. The van der Waals surface area contributed by atoms with Gasteiger partial charge in [0.25, 0.3) is 17.5 Å². The number of aliphatic hydroxyl groups is 1. The number of fused-ring (bicyclic) bond motifs is 3. The summed E-state index contributed by atoms with van der Waals surface area (Å²) in [4.78, 5) is 42.9. The van der Waals surface area contributed by atoms with Crippen molar-refractivity contribution in [3.63, 3.8) is 0 Å². The van der Waals surface area contributed by atoms with Crippen LogP contribution in [0.3, 0.4) is 0 Å². The van der Waals surface area contributed by atoms with Gasteiger partial charge < -0.3 is 23.6 Å². The van der Waals surface area contributed by atoms with Gasteiger partial charge in [0.2, 0.25) is 8.41 Å². The number of aliphatic hydroxyl groups excluding tert-OH is 1. The number of non-ortho nitro benzene ring substituents is 1. The number of aryl methyl sites for hydroxylation is 1. The topological polar surface area (TPSA) is 153 Å². The number of aromatic nitrogens is 3. The van der Waals surface area contributed by atoms with Crippen molar-refractivity contribution in [1.82, 2.24) is 15.0 Å². The maximum Gasteiger partial charge on any atom is 0.269 e. The van der Waals surface area contributed by atoms with E-state index >= 15 is 8.90 Å². The van der Waals surface area contributed by atoms with E-state index in [1.165, 1.54) is 12.1 Å². The van der Waals surface area contributed by atoms with Gasteiger partial charge in [0.05, 0.1) is 47.2 Å². The van der Waals surface area contributed by atoms with Crippen LogP contribution in [0, 0.1) is 16.0 Å². The van der Waals surface area contributed by atoms with E-state index in [0.29, 0.717) is 52.6 Å². The van der Waals surface area contributed by atoms with Crippen LogP contribution >= 0.6 is 0 Å². The molecule has 0 saturated carbocycles.